The monoisotopic (exact) mass is 426 g/mol. The Kier molecular flexibility index (Phi) is 7.65. The zero-order valence-corrected chi connectivity index (χ0v) is 17.7. The minimum Gasteiger partial charge on any atom is -0.497 e. The minimum absolute atomic E-state index is 0.0647. The average molecular weight is 426 g/mol. The number of carbonyl (C=O) groups excluding carboxylic acids is 2. The summed E-state index contributed by atoms with van der Waals surface area (Å²) in [5.41, 5.74) is 1.18. The van der Waals surface area contributed by atoms with Gasteiger partial charge in [0.2, 0.25) is 11.8 Å². The molecule has 6 nitrogen and oxygen atoms in total. The molecule has 0 aliphatic heterocycles. The quantitative estimate of drug-likeness (QED) is 0.610. The second-order valence-corrected chi connectivity index (χ2v) is 7.49. The van der Waals surface area contributed by atoms with Crippen molar-refractivity contribution in [3.8, 4) is 11.5 Å². The molecule has 1 fully saturated rings. The molecule has 2 N–H and O–H groups in total. The van der Waals surface area contributed by atoms with Crippen LogP contribution in [0.2, 0.25) is 0 Å². The molecule has 2 aromatic carbocycles. The van der Waals surface area contributed by atoms with Crippen LogP contribution in [0.5, 0.6) is 11.5 Å². The Labute approximate surface area is 181 Å². The first-order valence-electron chi connectivity index (χ1n) is 10.3. The van der Waals surface area contributed by atoms with E-state index in [1.54, 1.807) is 38.5 Å². The molecule has 3 rings (SSSR count). The fourth-order valence-electron chi connectivity index (χ4n) is 3.58. The van der Waals surface area contributed by atoms with Gasteiger partial charge in [0.05, 0.1) is 19.9 Å². The molecule has 0 aromatic heterocycles. The fourth-order valence-corrected chi connectivity index (χ4v) is 3.58. The highest BCUT2D eigenvalue weighted by Gasteiger charge is 2.22. The number of carbonyl (C=O) groups is 2. The van der Waals surface area contributed by atoms with Gasteiger partial charge in [0, 0.05) is 23.7 Å². The van der Waals surface area contributed by atoms with E-state index in [4.69, 9.17) is 9.47 Å². The lowest BCUT2D eigenvalue weighted by molar-refractivity contribution is -0.120. The van der Waals surface area contributed by atoms with E-state index in [1.165, 1.54) is 24.3 Å². The predicted octanol–water partition coefficient (Wildman–Crippen LogP) is 5.01. The van der Waals surface area contributed by atoms with Crippen LogP contribution in [-0.4, -0.2) is 26.0 Å². The van der Waals surface area contributed by atoms with Gasteiger partial charge in [-0.15, -0.1) is 0 Å². The van der Waals surface area contributed by atoms with E-state index >= 15 is 0 Å². The summed E-state index contributed by atoms with van der Waals surface area (Å²) >= 11 is 0. The molecular formula is C24H27FN2O4. The van der Waals surface area contributed by atoms with Crippen LogP contribution < -0.4 is 20.1 Å². The first-order valence-corrected chi connectivity index (χ1v) is 10.3. The molecule has 0 atom stereocenters. The molecule has 0 radical (unpaired) electrons. The summed E-state index contributed by atoms with van der Waals surface area (Å²) in [4.78, 5) is 24.7. The molecule has 2 amide bonds. The van der Waals surface area contributed by atoms with Crippen LogP contribution in [0, 0.1) is 11.7 Å². The number of hydrogen-bond donors (Lipinski definition) is 2. The minimum atomic E-state index is -0.541. The molecule has 1 saturated carbocycles. The van der Waals surface area contributed by atoms with Gasteiger partial charge in [-0.3, -0.25) is 9.59 Å². The second kappa shape index (κ2) is 10.6. The Hall–Kier alpha value is -3.35. The first-order chi connectivity index (χ1) is 15.0. The van der Waals surface area contributed by atoms with Crippen LogP contribution in [0.25, 0.3) is 6.08 Å². The van der Waals surface area contributed by atoms with Crippen LogP contribution in [0.1, 0.15) is 37.7 Å². The molecule has 1 aliphatic carbocycles. The lowest BCUT2D eigenvalue weighted by Gasteiger charge is -2.21. The van der Waals surface area contributed by atoms with Crippen LogP contribution >= 0.6 is 0 Å². The summed E-state index contributed by atoms with van der Waals surface area (Å²) in [7, 11) is 3.10. The van der Waals surface area contributed by atoms with Gasteiger partial charge in [-0.1, -0.05) is 19.3 Å². The molecule has 7 heteroatoms. The van der Waals surface area contributed by atoms with E-state index < -0.39 is 11.7 Å². The summed E-state index contributed by atoms with van der Waals surface area (Å²) < 4.78 is 24.6. The Morgan fingerprint density at radius 3 is 2.29 bits per heavy atom. The van der Waals surface area contributed by atoms with Gasteiger partial charge in [-0.2, -0.15) is 0 Å². The molecular weight excluding hydrogens is 399 g/mol. The SMILES string of the molecule is COc1cc(/C=C/C(=O)Nc2ccc(F)c(NC(=O)C3CCCCC3)c2)cc(OC)c1. The summed E-state index contributed by atoms with van der Waals surface area (Å²) in [6.07, 6.45) is 7.79. The number of ether oxygens (including phenoxy) is 2. The zero-order chi connectivity index (χ0) is 22.2. The summed E-state index contributed by atoms with van der Waals surface area (Å²) in [6.45, 7) is 0. The molecule has 0 saturated heterocycles. The van der Waals surface area contributed by atoms with Gasteiger partial charge >= 0.3 is 0 Å². The average Bonchev–Trinajstić information content (AvgIpc) is 2.80. The summed E-state index contributed by atoms with van der Waals surface area (Å²) in [6, 6.07) is 9.37. The highest BCUT2D eigenvalue weighted by atomic mass is 19.1. The van der Waals surface area contributed by atoms with E-state index in [-0.39, 0.29) is 17.5 Å². The van der Waals surface area contributed by atoms with Crippen molar-refractivity contribution in [1.29, 1.82) is 0 Å². The largest absolute Gasteiger partial charge is 0.497 e. The van der Waals surface area contributed by atoms with E-state index in [1.807, 2.05) is 0 Å². The third kappa shape index (κ3) is 6.31. The number of anilines is 2. The molecule has 164 valence electrons. The zero-order valence-electron chi connectivity index (χ0n) is 17.7. The highest BCUT2D eigenvalue weighted by Crippen LogP contribution is 2.27. The smallest absolute Gasteiger partial charge is 0.248 e. The van der Waals surface area contributed by atoms with E-state index in [0.717, 1.165) is 37.7 Å². The maximum atomic E-state index is 14.2. The Morgan fingerprint density at radius 1 is 0.968 bits per heavy atom. The molecule has 0 unspecified atom stereocenters. The number of halogens is 1. The number of amides is 2. The van der Waals surface area contributed by atoms with Crippen molar-refractivity contribution in [2.45, 2.75) is 32.1 Å². The normalized spacial score (nSPS) is 14.3. The van der Waals surface area contributed by atoms with Gasteiger partial charge in [-0.25, -0.2) is 4.39 Å². The maximum absolute atomic E-state index is 14.2. The Bertz CT molecular complexity index is 946. The van der Waals surface area contributed by atoms with E-state index in [2.05, 4.69) is 10.6 Å². The highest BCUT2D eigenvalue weighted by molar-refractivity contribution is 6.02. The first kappa shape index (κ1) is 22.3. The maximum Gasteiger partial charge on any atom is 0.248 e. The molecule has 2 aromatic rings. The second-order valence-electron chi connectivity index (χ2n) is 7.49. The lowest BCUT2D eigenvalue weighted by atomic mass is 9.88. The number of hydrogen-bond acceptors (Lipinski definition) is 4. The van der Waals surface area contributed by atoms with E-state index in [9.17, 15) is 14.0 Å². The van der Waals surface area contributed by atoms with Gasteiger partial charge in [-0.05, 0) is 54.8 Å². The van der Waals surface area contributed by atoms with Gasteiger partial charge in [0.1, 0.15) is 17.3 Å². The van der Waals surface area contributed by atoms with Crippen molar-refractivity contribution in [2.24, 2.45) is 5.92 Å². The topological polar surface area (TPSA) is 76.7 Å². The van der Waals surface area contributed by atoms with Gasteiger partial charge < -0.3 is 20.1 Å². The van der Waals surface area contributed by atoms with Gasteiger partial charge in [0.15, 0.2) is 0 Å². The summed E-state index contributed by atoms with van der Waals surface area (Å²) in [5.74, 6) is 0.0230. The molecule has 0 heterocycles. The standard InChI is InChI=1S/C24H27FN2O4/c1-30-19-12-16(13-20(15-19)31-2)8-11-23(28)26-18-9-10-21(25)22(14-18)27-24(29)17-6-4-3-5-7-17/h8-15,17H,3-7H2,1-2H3,(H,26,28)(H,27,29)/b11-8+. The third-order valence-electron chi connectivity index (χ3n) is 5.27. The Morgan fingerprint density at radius 2 is 1.65 bits per heavy atom. The van der Waals surface area contributed by atoms with E-state index in [0.29, 0.717) is 17.2 Å². The number of rotatable bonds is 7. The molecule has 0 spiro atoms. The fraction of sp³-hybridized carbons (Fsp3) is 0.333. The Balaban J connectivity index is 1.65. The van der Waals surface area contributed by atoms with Crippen molar-refractivity contribution in [3.63, 3.8) is 0 Å². The third-order valence-corrected chi connectivity index (χ3v) is 5.27. The van der Waals surface area contributed by atoms with Crippen molar-refractivity contribution in [3.05, 3.63) is 53.9 Å². The number of methoxy groups -OCH3 is 2. The lowest BCUT2D eigenvalue weighted by Crippen LogP contribution is -2.25. The molecule has 31 heavy (non-hydrogen) atoms. The predicted molar refractivity (Wildman–Crippen MR) is 119 cm³/mol. The van der Waals surface area contributed by atoms with Crippen molar-refractivity contribution in [2.75, 3.05) is 24.9 Å². The van der Waals surface area contributed by atoms with Crippen LogP contribution in [0.15, 0.2) is 42.5 Å². The van der Waals surface area contributed by atoms with Crippen molar-refractivity contribution in [1.82, 2.24) is 0 Å². The van der Waals surface area contributed by atoms with Crippen molar-refractivity contribution < 1.29 is 23.5 Å². The van der Waals surface area contributed by atoms with Crippen LogP contribution in [0.4, 0.5) is 15.8 Å². The number of nitrogens with one attached hydrogen (secondary N) is 2. The van der Waals surface area contributed by atoms with Gasteiger partial charge in [0.25, 0.3) is 0 Å². The van der Waals surface area contributed by atoms with Crippen molar-refractivity contribution >= 4 is 29.3 Å². The number of benzene rings is 2. The molecule has 1 aliphatic rings. The summed E-state index contributed by atoms with van der Waals surface area (Å²) in [5, 5.41) is 5.35. The van der Waals surface area contributed by atoms with Crippen LogP contribution in [-0.2, 0) is 9.59 Å². The van der Waals surface area contributed by atoms with Crippen LogP contribution in [0.3, 0.4) is 0 Å². The molecule has 0 bridgehead atoms.